The topological polar surface area (TPSA) is 75.9 Å². The number of pyridine rings is 2. The van der Waals surface area contributed by atoms with Crippen LogP contribution in [0.25, 0.3) is 16.6 Å². The summed E-state index contributed by atoms with van der Waals surface area (Å²) in [6.07, 6.45) is 6.55. The number of halogens is 3. The molecule has 1 aliphatic rings. The molecule has 1 atom stereocenters. The lowest BCUT2D eigenvalue weighted by Crippen LogP contribution is -2.39. The van der Waals surface area contributed by atoms with Crippen molar-refractivity contribution in [2.75, 3.05) is 18.0 Å². The van der Waals surface area contributed by atoms with Crippen molar-refractivity contribution >= 4 is 22.6 Å². The first-order valence-electron chi connectivity index (χ1n) is 11.8. The van der Waals surface area contributed by atoms with E-state index in [1.54, 1.807) is 35.4 Å². The first-order valence-corrected chi connectivity index (χ1v) is 11.8. The lowest BCUT2D eigenvalue weighted by Gasteiger charge is -2.33. The first kappa shape index (κ1) is 23.8. The van der Waals surface area contributed by atoms with Crippen molar-refractivity contribution in [1.82, 2.24) is 25.1 Å². The van der Waals surface area contributed by atoms with Crippen LogP contribution in [0, 0.1) is 5.82 Å². The number of anilines is 1. The Labute approximate surface area is 206 Å². The van der Waals surface area contributed by atoms with E-state index >= 15 is 0 Å². The summed E-state index contributed by atoms with van der Waals surface area (Å²) < 4.78 is 42.1. The zero-order valence-electron chi connectivity index (χ0n) is 19.7. The van der Waals surface area contributed by atoms with Gasteiger partial charge in [-0.1, -0.05) is 6.92 Å². The van der Waals surface area contributed by atoms with E-state index < -0.39 is 5.92 Å². The van der Waals surface area contributed by atoms with E-state index in [2.05, 4.69) is 20.4 Å². The van der Waals surface area contributed by atoms with Crippen LogP contribution in [0.15, 0.2) is 61.2 Å². The van der Waals surface area contributed by atoms with Crippen molar-refractivity contribution in [3.63, 3.8) is 0 Å². The number of alkyl halides is 2. The van der Waals surface area contributed by atoms with E-state index in [1.165, 1.54) is 18.3 Å². The van der Waals surface area contributed by atoms with Crippen molar-refractivity contribution in [1.29, 1.82) is 0 Å². The maximum Gasteiger partial charge on any atom is 0.254 e. The van der Waals surface area contributed by atoms with Crippen LogP contribution in [-0.2, 0) is 0 Å². The van der Waals surface area contributed by atoms with E-state index in [0.29, 0.717) is 34.4 Å². The van der Waals surface area contributed by atoms with Crippen molar-refractivity contribution in [3.8, 4) is 5.69 Å². The van der Waals surface area contributed by atoms with Crippen LogP contribution in [0.3, 0.4) is 0 Å². The van der Waals surface area contributed by atoms with Gasteiger partial charge in [-0.15, -0.1) is 0 Å². The fraction of sp³-hybridized carbons (Fsp3) is 0.308. The van der Waals surface area contributed by atoms with Crippen LogP contribution >= 0.6 is 0 Å². The number of nitrogens with zero attached hydrogens (tertiary/aromatic N) is 5. The van der Waals surface area contributed by atoms with Gasteiger partial charge in [0.05, 0.1) is 35.2 Å². The van der Waals surface area contributed by atoms with Gasteiger partial charge in [-0.3, -0.25) is 9.78 Å². The largest absolute Gasteiger partial charge is 0.356 e. The Morgan fingerprint density at radius 3 is 2.58 bits per heavy atom. The van der Waals surface area contributed by atoms with Crippen molar-refractivity contribution in [3.05, 3.63) is 78.1 Å². The summed E-state index contributed by atoms with van der Waals surface area (Å²) in [6, 6.07) is 9.25. The van der Waals surface area contributed by atoms with Gasteiger partial charge in [0.25, 0.3) is 11.8 Å². The molecule has 7 nitrogen and oxygen atoms in total. The highest BCUT2D eigenvalue weighted by Gasteiger charge is 2.34. The summed E-state index contributed by atoms with van der Waals surface area (Å²) in [7, 11) is 0. The first-order chi connectivity index (χ1) is 17.3. The zero-order valence-corrected chi connectivity index (χ0v) is 19.7. The average molecular weight is 495 g/mol. The number of carbonyl (C=O) groups excluding carboxylic acids is 1. The lowest BCUT2D eigenvalue weighted by molar-refractivity contribution is -0.0221. The quantitative estimate of drug-likeness (QED) is 0.405. The number of aromatic nitrogens is 4. The average Bonchev–Trinajstić information content (AvgIpc) is 3.32. The standard InChI is InChI=1S/C26H25F3N6O/c1-2-22(17-7-10-31-24(13-17)34-11-8-26(28,29)9-12-34)33-25(36)21-14-30-16-23-20(21)15-32-35(23)19-5-3-18(27)4-6-19/h3-7,10,13-16,22H,2,8-9,11-12H2,1H3,(H,33,36). The van der Waals surface area contributed by atoms with Gasteiger partial charge in [-0.2, -0.15) is 5.10 Å². The number of fused-ring (bicyclic) bond motifs is 1. The van der Waals surface area contributed by atoms with Crippen LogP contribution in [0.1, 0.15) is 48.1 Å². The van der Waals surface area contributed by atoms with Crippen molar-refractivity contribution < 1.29 is 18.0 Å². The zero-order chi connectivity index (χ0) is 25.3. The van der Waals surface area contributed by atoms with E-state index in [-0.39, 0.29) is 43.7 Å². The number of nitrogens with one attached hydrogen (secondary N) is 1. The Hall–Kier alpha value is -3.95. The van der Waals surface area contributed by atoms with Crippen LogP contribution in [0.5, 0.6) is 0 Å². The number of rotatable bonds is 6. The maximum absolute atomic E-state index is 13.6. The predicted molar refractivity (Wildman–Crippen MR) is 130 cm³/mol. The number of hydrogen-bond acceptors (Lipinski definition) is 5. The molecular formula is C26H25F3N6O. The molecule has 1 saturated heterocycles. The fourth-order valence-electron chi connectivity index (χ4n) is 4.45. The van der Waals surface area contributed by atoms with Crippen LogP contribution in [0.2, 0.25) is 0 Å². The molecule has 1 aromatic carbocycles. The summed E-state index contributed by atoms with van der Waals surface area (Å²) in [6.45, 7) is 2.43. The summed E-state index contributed by atoms with van der Waals surface area (Å²) in [4.78, 5) is 23.7. The van der Waals surface area contributed by atoms with Crippen molar-refractivity contribution in [2.45, 2.75) is 38.2 Å². The summed E-state index contributed by atoms with van der Waals surface area (Å²) >= 11 is 0. The van der Waals surface area contributed by atoms with Crippen molar-refractivity contribution in [2.24, 2.45) is 0 Å². The Bertz CT molecular complexity index is 1380. The second kappa shape index (κ2) is 9.60. The smallest absolute Gasteiger partial charge is 0.254 e. The molecule has 1 fully saturated rings. The molecule has 10 heteroatoms. The molecule has 0 saturated carbocycles. The number of piperidine rings is 1. The van der Waals surface area contributed by atoms with E-state index in [4.69, 9.17) is 0 Å². The van der Waals surface area contributed by atoms with E-state index in [0.717, 1.165) is 5.56 Å². The van der Waals surface area contributed by atoms with Gasteiger partial charge in [0.1, 0.15) is 11.6 Å². The van der Waals surface area contributed by atoms with Gasteiger partial charge in [-0.05, 0) is 48.4 Å². The third kappa shape index (κ3) is 4.75. The fourth-order valence-corrected chi connectivity index (χ4v) is 4.45. The van der Waals surface area contributed by atoms with Gasteiger partial charge in [0, 0.05) is 43.7 Å². The molecule has 1 unspecified atom stereocenters. The predicted octanol–water partition coefficient (Wildman–Crippen LogP) is 5.07. The minimum Gasteiger partial charge on any atom is -0.356 e. The SMILES string of the molecule is CCC(NC(=O)c1cncc2c1cnn2-c1ccc(F)cc1)c1ccnc(N2CCC(F)(F)CC2)c1. The minimum atomic E-state index is -2.63. The van der Waals surface area contributed by atoms with Crippen LogP contribution < -0.4 is 10.2 Å². The molecule has 36 heavy (non-hydrogen) atoms. The highest BCUT2D eigenvalue weighted by atomic mass is 19.3. The summed E-state index contributed by atoms with van der Waals surface area (Å²) in [5.41, 5.74) is 2.48. The highest BCUT2D eigenvalue weighted by Crippen LogP contribution is 2.31. The molecule has 4 aromatic rings. The number of hydrogen-bond donors (Lipinski definition) is 1. The van der Waals surface area contributed by atoms with Crippen LogP contribution in [0.4, 0.5) is 19.0 Å². The monoisotopic (exact) mass is 494 g/mol. The highest BCUT2D eigenvalue weighted by molar-refractivity contribution is 6.06. The van der Waals surface area contributed by atoms with Crippen LogP contribution in [-0.4, -0.2) is 44.7 Å². The molecule has 1 amide bonds. The molecule has 1 N–H and O–H groups in total. The van der Waals surface area contributed by atoms with Gasteiger partial charge in [-0.25, -0.2) is 22.8 Å². The summed E-state index contributed by atoms with van der Waals surface area (Å²) in [5.74, 6) is -2.67. The summed E-state index contributed by atoms with van der Waals surface area (Å²) in [5, 5.41) is 8.05. The normalized spacial score (nSPS) is 16.2. The molecule has 4 heterocycles. The molecular weight excluding hydrogens is 469 g/mol. The van der Waals surface area contributed by atoms with Gasteiger partial charge in [0.2, 0.25) is 0 Å². The molecule has 0 aliphatic carbocycles. The van der Waals surface area contributed by atoms with Gasteiger partial charge >= 0.3 is 0 Å². The molecule has 3 aromatic heterocycles. The minimum absolute atomic E-state index is 0.199. The number of amides is 1. The van der Waals surface area contributed by atoms with E-state index in [9.17, 15) is 18.0 Å². The molecule has 5 rings (SSSR count). The molecule has 186 valence electrons. The third-order valence-corrected chi connectivity index (χ3v) is 6.52. The number of benzene rings is 1. The molecule has 1 aliphatic heterocycles. The second-order valence-electron chi connectivity index (χ2n) is 8.88. The third-order valence-electron chi connectivity index (χ3n) is 6.52. The Kier molecular flexibility index (Phi) is 6.34. The van der Waals surface area contributed by atoms with E-state index in [1.807, 2.05) is 24.0 Å². The Balaban J connectivity index is 1.37. The Morgan fingerprint density at radius 1 is 1.11 bits per heavy atom. The maximum atomic E-state index is 13.6. The molecule has 0 bridgehead atoms. The molecule has 0 radical (unpaired) electrons. The van der Waals surface area contributed by atoms with Gasteiger partial charge in [0.15, 0.2) is 0 Å². The molecule has 0 spiro atoms. The number of carbonyl (C=O) groups is 1. The Morgan fingerprint density at radius 2 is 1.86 bits per heavy atom. The van der Waals surface area contributed by atoms with Gasteiger partial charge < -0.3 is 10.2 Å². The second-order valence-corrected chi connectivity index (χ2v) is 8.88. The lowest BCUT2D eigenvalue weighted by atomic mass is 10.0.